The summed E-state index contributed by atoms with van der Waals surface area (Å²) in [6, 6.07) is 7.71. The number of rotatable bonds is 5. The minimum Gasteiger partial charge on any atom is -0.397 e. The molecular formula is C18H31N5O2. The monoisotopic (exact) mass is 349 g/mol. The average Bonchev–Trinajstić information content (AvgIpc) is 3.09. The molecule has 140 valence electrons. The second kappa shape index (κ2) is 9.88. The van der Waals surface area contributed by atoms with Crippen molar-refractivity contribution in [3.63, 3.8) is 0 Å². The summed E-state index contributed by atoms with van der Waals surface area (Å²) in [6.45, 7) is 7.09. The summed E-state index contributed by atoms with van der Waals surface area (Å²) in [5.41, 5.74) is 7.46. The Morgan fingerprint density at radius 1 is 1.36 bits per heavy atom. The van der Waals surface area contributed by atoms with Crippen molar-refractivity contribution >= 4 is 23.7 Å². The van der Waals surface area contributed by atoms with E-state index < -0.39 is 0 Å². The number of hydrogen-bond acceptors (Lipinski definition) is 5. The van der Waals surface area contributed by atoms with Crippen molar-refractivity contribution in [2.45, 2.75) is 45.7 Å². The molecule has 1 aromatic rings. The Hall–Kier alpha value is -2.28. The van der Waals surface area contributed by atoms with Crippen LogP contribution in [0.5, 0.6) is 0 Å². The first kappa shape index (κ1) is 20.8. The number of benzene rings is 1. The fraction of sp³-hybridized carbons (Fsp3) is 0.556. The zero-order valence-corrected chi connectivity index (χ0v) is 15.6. The Bertz CT molecular complexity index is 564. The van der Waals surface area contributed by atoms with Gasteiger partial charge in [-0.15, -0.1) is 0 Å². The summed E-state index contributed by atoms with van der Waals surface area (Å²) in [6.07, 6.45) is 2.46. The van der Waals surface area contributed by atoms with E-state index in [0.29, 0.717) is 12.5 Å². The largest absolute Gasteiger partial charge is 0.397 e. The van der Waals surface area contributed by atoms with E-state index in [-0.39, 0.29) is 18.0 Å². The van der Waals surface area contributed by atoms with Crippen LogP contribution in [-0.2, 0) is 9.59 Å². The van der Waals surface area contributed by atoms with Gasteiger partial charge in [0.05, 0.1) is 11.4 Å². The Balaban J connectivity index is 0.000000257. The summed E-state index contributed by atoms with van der Waals surface area (Å²) in [5, 5.41) is 4.27. The molecular weight excluding hydrogens is 318 g/mol. The normalized spacial score (nSPS) is 17.5. The first-order valence-electron chi connectivity index (χ1n) is 8.64. The molecule has 0 spiro atoms. The molecule has 0 bridgehead atoms. The number of carbonyl (C=O) groups excluding carboxylic acids is 2. The average molecular weight is 349 g/mol. The summed E-state index contributed by atoms with van der Waals surface area (Å²) >= 11 is 0. The maximum atomic E-state index is 11.1. The number of likely N-dealkylation sites (N-methyl/N-ethyl adjacent to an activating group) is 1. The smallest absolute Gasteiger partial charge is 0.242 e. The molecule has 1 saturated heterocycles. The summed E-state index contributed by atoms with van der Waals surface area (Å²) in [7, 11) is 1.59. The first-order chi connectivity index (χ1) is 11.8. The van der Waals surface area contributed by atoms with Crippen molar-refractivity contribution in [3.05, 3.63) is 24.3 Å². The van der Waals surface area contributed by atoms with Crippen LogP contribution in [0, 0.1) is 5.92 Å². The van der Waals surface area contributed by atoms with Gasteiger partial charge >= 0.3 is 0 Å². The zero-order chi connectivity index (χ0) is 19.0. The van der Waals surface area contributed by atoms with E-state index in [1.165, 1.54) is 0 Å². The SMILES string of the molecule is CC(C)C(C)N(N)c1ccccc1N.CNC(=O)C1CCCN1C=O. The van der Waals surface area contributed by atoms with E-state index in [2.05, 4.69) is 26.1 Å². The molecule has 1 aromatic carbocycles. The zero-order valence-electron chi connectivity index (χ0n) is 15.6. The number of nitrogens with one attached hydrogen (secondary N) is 1. The predicted octanol–water partition coefficient (Wildman–Crippen LogP) is 1.35. The van der Waals surface area contributed by atoms with Gasteiger partial charge in [-0.3, -0.25) is 9.59 Å². The number of nitrogen functional groups attached to an aromatic ring is 1. The van der Waals surface area contributed by atoms with Crippen LogP contribution >= 0.6 is 0 Å². The van der Waals surface area contributed by atoms with E-state index in [4.69, 9.17) is 11.6 Å². The van der Waals surface area contributed by atoms with Crippen LogP contribution in [0.4, 0.5) is 11.4 Å². The van der Waals surface area contributed by atoms with Gasteiger partial charge in [-0.25, -0.2) is 5.84 Å². The van der Waals surface area contributed by atoms with Crippen molar-refractivity contribution < 1.29 is 9.59 Å². The number of hydrogen-bond donors (Lipinski definition) is 3. The summed E-state index contributed by atoms with van der Waals surface area (Å²) < 4.78 is 0. The molecule has 0 saturated carbocycles. The van der Waals surface area contributed by atoms with E-state index in [1.807, 2.05) is 24.3 Å². The number of nitrogens with zero attached hydrogens (tertiary/aromatic N) is 2. The minimum atomic E-state index is -0.225. The van der Waals surface area contributed by atoms with Crippen LogP contribution in [0.2, 0.25) is 0 Å². The number of anilines is 2. The Labute approximate surface area is 150 Å². The fourth-order valence-corrected chi connectivity index (χ4v) is 2.63. The van der Waals surface area contributed by atoms with Crippen molar-refractivity contribution in [2.24, 2.45) is 11.8 Å². The molecule has 0 aliphatic carbocycles. The van der Waals surface area contributed by atoms with Crippen LogP contribution in [0.3, 0.4) is 0 Å². The summed E-state index contributed by atoms with van der Waals surface area (Å²) in [5.74, 6) is 6.43. The molecule has 2 amide bonds. The molecule has 0 aromatic heterocycles. The predicted molar refractivity (Wildman–Crippen MR) is 102 cm³/mol. The van der Waals surface area contributed by atoms with E-state index in [1.54, 1.807) is 17.0 Å². The topological polar surface area (TPSA) is 105 Å². The lowest BCUT2D eigenvalue weighted by Gasteiger charge is -2.29. The van der Waals surface area contributed by atoms with Gasteiger partial charge in [0.15, 0.2) is 0 Å². The third-order valence-corrected chi connectivity index (χ3v) is 4.60. The van der Waals surface area contributed by atoms with Gasteiger partial charge in [0.25, 0.3) is 0 Å². The van der Waals surface area contributed by atoms with Crippen LogP contribution in [-0.4, -0.2) is 42.9 Å². The molecule has 2 atom stereocenters. The van der Waals surface area contributed by atoms with Crippen LogP contribution in [0.15, 0.2) is 24.3 Å². The fourth-order valence-electron chi connectivity index (χ4n) is 2.63. The number of nitrogens with two attached hydrogens (primary N) is 2. The third-order valence-electron chi connectivity index (χ3n) is 4.60. The first-order valence-corrected chi connectivity index (χ1v) is 8.64. The van der Waals surface area contributed by atoms with Gasteiger partial charge < -0.3 is 21.0 Å². The third kappa shape index (κ3) is 5.63. The maximum absolute atomic E-state index is 11.1. The van der Waals surface area contributed by atoms with E-state index in [9.17, 15) is 9.59 Å². The Kier molecular flexibility index (Phi) is 8.21. The highest BCUT2D eigenvalue weighted by molar-refractivity contribution is 5.83. The highest BCUT2D eigenvalue weighted by Gasteiger charge is 2.28. The van der Waals surface area contributed by atoms with Crippen LogP contribution in [0.25, 0.3) is 0 Å². The molecule has 1 heterocycles. The number of carbonyl (C=O) groups is 2. The lowest BCUT2D eigenvalue weighted by Crippen LogP contribution is -2.42. The van der Waals surface area contributed by atoms with Crippen molar-refractivity contribution in [1.29, 1.82) is 0 Å². The highest BCUT2D eigenvalue weighted by atomic mass is 16.2. The molecule has 2 rings (SSSR count). The number of hydrazine groups is 1. The quantitative estimate of drug-likeness (QED) is 0.322. The van der Waals surface area contributed by atoms with Gasteiger partial charge in [0.1, 0.15) is 6.04 Å². The molecule has 25 heavy (non-hydrogen) atoms. The number of amides is 2. The molecule has 1 aliphatic rings. The van der Waals surface area contributed by atoms with Gasteiger partial charge in [-0.1, -0.05) is 26.0 Å². The standard InChI is InChI=1S/C11H19N3.C7H12N2O2/c1-8(2)9(3)14(13)11-7-5-4-6-10(11)12;1-8-7(11)6-3-2-4-9(6)5-10/h4-9H,12-13H2,1-3H3;5-6H,2-4H2,1H3,(H,8,11). The summed E-state index contributed by atoms with van der Waals surface area (Å²) in [4.78, 5) is 23.0. The van der Waals surface area contributed by atoms with Crippen molar-refractivity contribution in [3.8, 4) is 0 Å². The van der Waals surface area contributed by atoms with Crippen LogP contribution in [0.1, 0.15) is 33.6 Å². The molecule has 7 nitrogen and oxygen atoms in total. The maximum Gasteiger partial charge on any atom is 0.242 e. The van der Waals surface area contributed by atoms with E-state index in [0.717, 1.165) is 30.6 Å². The second-order valence-electron chi connectivity index (χ2n) is 6.57. The molecule has 2 unspecified atom stereocenters. The van der Waals surface area contributed by atoms with Crippen molar-refractivity contribution in [2.75, 3.05) is 24.3 Å². The number of para-hydroxylation sites is 2. The molecule has 5 N–H and O–H groups in total. The Morgan fingerprint density at radius 3 is 2.52 bits per heavy atom. The van der Waals surface area contributed by atoms with Gasteiger partial charge in [-0.2, -0.15) is 0 Å². The molecule has 1 aliphatic heterocycles. The lowest BCUT2D eigenvalue weighted by molar-refractivity contribution is -0.130. The molecule has 0 radical (unpaired) electrons. The van der Waals surface area contributed by atoms with Gasteiger partial charge in [0, 0.05) is 19.6 Å². The minimum absolute atomic E-state index is 0.0606. The van der Waals surface area contributed by atoms with E-state index >= 15 is 0 Å². The van der Waals surface area contributed by atoms with Crippen LogP contribution < -0.4 is 21.9 Å². The van der Waals surface area contributed by atoms with Crippen molar-refractivity contribution in [1.82, 2.24) is 10.2 Å². The molecule has 7 heteroatoms. The Morgan fingerprint density at radius 2 is 2.00 bits per heavy atom. The lowest BCUT2D eigenvalue weighted by atomic mass is 10.1. The second-order valence-corrected chi connectivity index (χ2v) is 6.57. The van der Waals surface area contributed by atoms with Gasteiger partial charge in [0.2, 0.25) is 12.3 Å². The van der Waals surface area contributed by atoms with Gasteiger partial charge in [-0.05, 0) is 37.8 Å². The highest BCUT2D eigenvalue weighted by Crippen LogP contribution is 2.23. The number of likely N-dealkylation sites (tertiary alicyclic amines) is 1. The molecule has 1 fully saturated rings.